The molecule has 0 radical (unpaired) electrons. The molecule has 0 bridgehead atoms. The molecule has 2 N–H and O–H groups in total. The summed E-state index contributed by atoms with van der Waals surface area (Å²) in [6.45, 7) is 0. The molecule has 0 saturated carbocycles. The van der Waals surface area contributed by atoms with Crippen molar-refractivity contribution in [3.05, 3.63) is 34.6 Å². The van der Waals surface area contributed by atoms with Gasteiger partial charge in [-0.25, -0.2) is 4.39 Å². The third kappa shape index (κ3) is 2.89. The van der Waals surface area contributed by atoms with Gasteiger partial charge in [0.15, 0.2) is 6.29 Å². The molecule has 0 fully saturated rings. The molecule has 0 aromatic heterocycles. The maximum Gasteiger partial charge on any atom is 0.176 e. The smallest absolute Gasteiger partial charge is 0.176 e. The van der Waals surface area contributed by atoms with Crippen molar-refractivity contribution >= 4 is 11.6 Å². The average molecular weight is 234 g/mol. The van der Waals surface area contributed by atoms with Crippen LogP contribution in [0.15, 0.2) is 18.2 Å². The Hall–Kier alpha value is -0.680. The lowest BCUT2D eigenvalue weighted by Crippen LogP contribution is -2.29. The largest absolute Gasteiger partial charge is 0.354 e. The Kier molecular flexibility index (Phi) is 4.47. The third-order valence-corrected chi connectivity index (χ3v) is 2.42. The van der Waals surface area contributed by atoms with Crippen LogP contribution in [-0.2, 0) is 9.47 Å². The second-order valence-corrected chi connectivity index (χ2v) is 3.44. The van der Waals surface area contributed by atoms with Gasteiger partial charge in [0.2, 0.25) is 0 Å². The van der Waals surface area contributed by atoms with Gasteiger partial charge in [-0.2, -0.15) is 0 Å². The summed E-state index contributed by atoms with van der Waals surface area (Å²) in [6.07, 6.45) is -0.649. The lowest BCUT2D eigenvalue weighted by atomic mass is 10.1. The zero-order valence-corrected chi connectivity index (χ0v) is 9.29. The quantitative estimate of drug-likeness (QED) is 0.810. The van der Waals surface area contributed by atoms with Crippen LogP contribution < -0.4 is 5.73 Å². The summed E-state index contributed by atoms with van der Waals surface area (Å²) in [5.41, 5.74) is 6.29. The van der Waals surface area contributed by atoms with Crippen molar-refractivity contribution in [1.82, 2.24) is 0 Å². The first-order valence-electron chi connectivity index (χ1n) is 4.36. The minimum Gasteiger partial charge on any atom is -0.354 e. The molecule has 3 nitrogen and oxygen atoms in total. The number of hydrogen-bond donors (Lipinski definition) is 1. The Bertz CT molecular complexity index is 331. The number of rotatable bonds is 4. The molecule has 0 heterocycles. The molecule has 15 heavy (non-hydrogen) atoms. The fraction of sp³-hybridized carbons (Fsp3) is 0.400. The zero-order chi connectivity index (χ0) is 11.4. The van der Waals surface area contributed by atoms with Gasteiger partial charge in [0, 0.05) is 19.2 Å². The highest BCUT2D eigenvalue weighted by atomic mass is 35.5. The van der Waals surface area contributed by atoms with Crippen molar-refractivity contribution in [2.24, 2.45) is 5.73 Å². The van der Waals surface area contributed by atoms with Crippen LogP contribution in [0.2, 0.25) is 5.02 Å². The van der Waals surface area contributed by atoms with Gasteiger partial charge in [-0.1, -0.05) is 11.6 Å². The predicted molar refractivity (Wildman–Crippen MR) is 56.1 cm³/mol. The van der Waals surface area contributed by atoms with E-state index < -0.39 is 18.1 Å². The van der Waals surface area contributed by atoms with Crippen molar-refractivity contribution in [2.45, 2.75) is 12.3 Å². The van der Waals surface area contributed by atoms with E-state index in [9.17, 15) is 4.39 Å². The highest BCUT2D eigenvalue weighted by Crippen LogP contribution is 2.25. The SMILES string of the molecule is COC(OC)C(N)c1cc(F)ccc1Cl. The van der Waals surface area contributed by atoms with Gasteiger partial charge in [0.1, 0.15) is 5.82 Å². The van der Waals surface area contributed by atoms with Crippen molar-refractivity contribution in [3.8, 4) is 0 Å². The molecule has 0 aliphatic carbocycles. The number of methoxy groups -OCH3 is 2. The molecule has 1 rings (SSSR count). The molecule has 84 valence electrons. The zero-order valence-electron chi connectivity index (χ0n) is 8.54. The molecule has 0 saturated heterocycles. The minimum absolute atomic E-state index is 0.392. The van der Waals surface area contributed by atoms with Crippen LogP contribution in [0.3, 0.4) is 0 Å². The summed E-state index contributed by atoms with van der Waals surface area (Å²) in [7, 11) is 2.92. The first kappa shape index (κ1) is 12.4. The summed E-state index contributed by atoms with van der Waals surface area (Å²) >= 11 is 5.89. The van der Waals surface area contributed by atoms with E-state index >= 15 is 0 Å². The number of nitrogens with two attached hydrogens (primary N) is 1. The van der Waals surface area contributed by atoms with Crippen LogP contribution in [0.4, 0.5) is 4.39 Å². The summed E-state index contributed by atoms with van der Waals surface area (Å²) in [5.74, 6) is -0.393. The second-order valence-electron chi connectivity index (χ2n) is 3.03. The summed E-state index contributed by atoms with van der Waals surface area (Å²) < 4.78 is 22.9. The maximum absolute atomic E-state index is 13.0. The Morgan fingerprint density at radius 2 is 1.93 bits per heavy atom. The first-order valence-corrected chi connectivity index (χ1v) is 4.74. The van der Waals surface area contributed by atoms with E-state index in [-0.39, 0.29) is 0 Å². The van der Waals surface area contributed by atoms with E-state index in [2.05, 4.69) is 0 Å². The lowest BCUT2D eigenvalue weighted by molar-refractivity contribution is -0.117. The first-order chi connectivity index (χ1) is 7.10. The number of hydrogen-bond acceptors (Lipinski definition) is 3. The molecular formula is C10H13ClFNO2. The fourth-order valence-electron chi connectivity index (χ4n) is 1.31. The monoisotopic (exact) mass is 233 g/mol. The van der Waals surface area contributed by atoms with Crippen LogP contribution >= 0.6 is 11.6 Å². The van der Waals surface area contributed by atoms with Crippen LogP contribution in [-0.4, -0.2) is 20.5 Å². The van der Waals surface area contributed by atoms with Crippen molar-refractivity contribution in [1.29, 1.82) is 0 Å². The number of ether oxygens (including phenoxy) is 2. The lowest BCUT2D eigenvalue weighted by Gasteiger charge is -2.22. The Morgan fingerprint density at radius 3 is 2.47 bits per heavy atom. The fourth-order valence-corrected chi connectivity index (χ4v) is 1.55. The van der Waals surface area contributed by atoms with E-state index in [0.717, 1.165) is 0 Å². The maximum atomic E-state index is 13.0. The Morgan fingerprint density at radius 1 is 1.33 bits per heavy atom. The van der Waals surface area contributed by atoms with Gasteiger partial charge in [-0.15, -0.1) is 0 Å². The average Bonchev–Trinajstić information content (AvgIpc) is 2.23. The molecule has 0 spiro atoms. The van der Waals surface area contributed by atoms with E-state index in [1.807, 2.05) is 0 Å². The standard InChI is InChI=1S/C10H13ClFNO2/c1-14-10(15-2)9(13)7-5-6(12)3-4-8(7)11/h3-5,9-10H,13H2,1-2H3. The van der Waals surface area contributed by atoms with Gasteiger partial charge < -0.3 is 15.2 Å². The van der Waals surface area contributed by atoms with E-state index in [1.165, 1.54) is 32.4 Å². The molecule has 1 aromatic rings. The summed E-state index contributed by atoms with van der Waals surface area (Å²) in [5, 5.41) is 0.392. The molecule has 1 aromatic carbocycles. The normalized spacial score (nSPS) is 13.2. The van der Waals surface area contributed by atoms with Crippen molar-refractivity contribution in [2.75, 3.05) is 14.2 Å². The molecule has 0 aliphatic rings. The van der Waals surface area contributed by atoms with Gasteiger partial charge in [0.25, 0.3) is 0 Å². The van der Waals surface area contributed by atoms with Gasteiger partial charge in [-0.3, -0.25) is 0 Å². The summed E-state index contributed by atoms with van der Waals surface area (Å²) in [4.78, 5) is 0. The van der Waals surface area contributed by atoms with Crippen LogP contribution in [0.5, 0.6) is 0 Å². The molecule has 0 aliphatic heterocycles. The molecular weight excluding hydrogens is 221 g/mol. The van der Waals surface area contributed by atoms with Crippen molar-refractivity contribution in [3.63, 3.8) is 0 Å². The summed E-state index contributed by atoms with van der Waals surface area (Å²) in [6, 6.07) is 3.38. The van der Waals surface area contributed by atoms with Crippen LogP contribution in [0.25, 0.3) is 0 Å². The molecule has 0 amide bonds. The van der Waals surface area contributed by atoms with Gasteiger partial charge in [0.05, 0.1) is 6.04 Å². The minimum atomic E-state index is -0.649. The highest BCUT2D eigenvalue weighted by molar-refractivity contribution is 6.31. The third-order valence-electron chi connectivity index (χ3n) is 2.07. The number of benzene rings is 1. The highest BCUT2D eigenvalue weighted by Gasteiger charge is 2.21. The molecule has 1 atom stereocenters. The Balaban J connectivity index is 2.98. The van der Waals surface area contributed by atoms with Crippen LogP contribution in [0, 0.1) is 5.82 Å². The number of halogens is 2. The van der Waals surface area contributed by atoms with E-state index in [4.69, 9.17) is 26.8 Å². The van der Waals surface area contributed by atoms with Crippen molar-refractivity contribution < 1.29 is 13.9 Å². The van der Waals surface area contributed by atoms with E-state index in [1.54, 1.807) is 0 Å². The van der Waals surface area contributed by atoms with Gasteiger partial charge >= 0.3 is 0 Å². The Labute approximate surface area is 92.9 Å². The van der Waals surface area contributed by atoms with Gasteiger partial charge in [-0.05, 0) is 23.8 Å². The predicted octanol–water partition coefficient (Wildman–Crippen LogP) is 2.10. The van der Waals surface area contributed by atoms with Crippen LogP contribution in [0.1, 0.15) is 11.6 Å². The topological polar surface area (TPSA) is 44.5 Å². The molecule has 1 unspecified atom stereocenters. The molecule has 5 heteroatoms. The second kappa shape index (κ2) is 5.42. The van der Waals surface area contributed by atoms with E-state index in [0.29, 0.717) is 10.6 Å².